The van der Waals surface area contributed by atoms with Gasteiger partial charge >= 0.3 is 5.69 Å². The number of carbonyl (C=O) groups excluding carboxylic acids is 1. The maximum Gasteiger partial charge on any atom is 0.329 e. The van der Waals surface area contributed by atoms with Gasteiger partial charge < -0.3 is 9.84 Å². The van der Waals surface area contributed by atoms with Gasteiger partial charge in [-0.3, -0.25) is 18.9 Å². The van der Waals surface area contributed by atoms with Gasteiger partial charge in [-0.15, -0.1) is 0 Å². The summed E-state index contributed by atoms with van der Waals surface area (Å²) in [6, 6.07) is 10.8. The molecule has 9 heteroatoms. The third kappa shape index (κ3) is 4.18. The molecule has 32 heavy (non-hydrogen) atoms. The van der Waals surface area contributed by atoms with E-state index in [0.717, 1.165) is 16.6 Å². The first-order valence-corrected chi connectivity index (χ1v) is 10.7. The number of imidazole rings is 1. The average Bonchev–Trinajstić information content (AvgIpc) is 3.39. The van der Waals surface area contributed by atoms with Gasteiger partial charge in [0.25, 0.3) is 0 Å². The first-order valence-electron chi connectivity index (χ1n) is 10.7. The molecule has 0 fully saturated rings. The number of aromatic nitrogens is 5. The van der Waals surface area contributed by atoms with Crippen LogP contribution in [0.1, 0.15) is 39.1 Å². The lowest BCUT2D eigenvalue weighted by atomic mass is 10.0. The molecular weight excluding hydrogens is 408 g/mol. The average molecular weight is 435 g/mol. The summed E-state index contributed by atoms with van der Waals surface area (Å²) in [6.07, 6.45) is 3.48. The number of aryl methyl sites for hydroxylation is 2. The van der Waals surface area contributed by atoms with Crippen LogP contribution in [0.25, 0.3) is 22.4 Å². The molecule has 1 amide bonds. The van der Waals surface area contributed by atoms with Crippen LogP contribution in [-0.4, -0.2) is 30.2 Å². The van der Waals surface area contributed by atoms with Crippen LogP contribution in [0.15, 0.2) is 58.1 Å². The number of hydrogen-bond donors (Lipinski definition) is 1. The van der Waals surface area contributed by atoms with Crippen molar-refractivity contribution in [3.05, 3.63) is 65.2 Å². The van der Waals surface area contributed by atoms with Gasteiger partial charge in [-0.05, 0) is 37.1 Å². The Morgan fingerprint density at radius 2 is 1.88 bits per heavy atom. The minimum atomic E-state index is -0.436. The normalized spacial score (nSPS) is 12.4. The van der Waals surface area contributed by atoms with E-state index in [4.69, 9.17) is 4.52 Å². The Hall–Kier alpha value is -3.75. The molecule has 3 heterocycles. The quantitative estimate of drug-likeness (QED) is 0.456. The van der Waals surface area contributed by atoms with Crippen LogP contribution in [0.2, 0.25) is 0 Å². The molecule has 0 aliphatic carbocycles. The van der Waals surface area contributed by atoms with E-state index in [0.29, 0.717) is 18.3 Å². The Labute approximate surface area is 185 Å². The first-order chi connectivity index (χ1) is 15.5. The van der Waals surface area contributed by atoms with E-state index in [1.165, 1.54) is 0 Å². The number of carbonyl (C=O) groups is 1. The van der Waals surface area contributed by atoms with Crippen molar-refractivity contribution in [2.24, 2.45) is 5.92 Å². The van der Waals surface area contributed by atoms with Crippen molar-refractivity contribution in [1.29, 1.82) is 0 Å². The fourth-order valence-electron chi connectivity index (χ4n) is 3.74. The summed E-state index contributed by atoms with van der Waals surface area (Å²) >= 11 is 0. The number of amides is 1. The highest BCUT2D eigenvalue weighted by molar-refractivity contribution is 5.78. The van der Waals surface area contributed by atoms with Gasteiger partial charge in [0.15, 0.2) is 0 Å². The van der Waals surface area contributed by atoms with Crippen LogP contribution in [-0.2, 0) is 17.9 Å². The molecule has 4 aromatic rings. The number of nitrogens with one attached hydrogen (secondary N) is 1. The van der Waals surface area contributed by atoms with E-state index in [1.54, 1.807) is 27.6 Å². The number of para-hydroxylation sites is 2. The van der Waals surface area contributed by atoms with Crippen molar-refractivity contribution in [2.45, 2.75) is 46.3 Å². The highest BCUT2D eigenvalue weighted by Gasteiger charge is 2.25. The number of nitrogens with zero attached hydrogens (tertiary/aromatic N) is 5. The fraction of sp³-hybridized carbons (Fsp3) is 0.348. The van der Waals surface area contributed by atoms with Gasteiger partial charge in [0.05, 0.1) is 11.0 Å². The molecule has 0 spiro atoms. The van der Waals surface area contributed by atoms with Crippen molar-refractivity contribution >= 4 is 16.9 Å². The lowest BCUT2D eigenvalue weighted by Crippen LogP contribution is -2.33. The summed E-state index contributed by atoms with van der Waals surface area (Å²) in [5, 5.41) is 7.01. The Balaban J connectivity index is 1.48. The van der Waals surface area contributed by atoms with Gasteiger partial charge in [-0.2, -0.15) is 4.98 Å². The molecule has 1 atom stereocenters. The van der Waals surface area contributed by atoms with Crippen LogP contribution in [0, 0.1) is 5.92 Å². The largest absolute Gasteiger partial charge is 0.344 e. The Morgan fingerprint density at radius 3 is 2.53 bits per heavy atom. The van der Waals surface area contributed by atoms with Crippen LogP contribution in [0.5, 0.6) is 0 Å². The van der Waals surface area contributed by atoms with E-state index < -0.39 is 6.04 Å². The molecule has 9 nitrogen and oxygen atoms in total. The zero-order valence-corrected chi connectivity index (χ0v) is 18.4. The molecule has 0 aliphatic heterocycles. The van der Waals surface area contributed by atoms with Gasteiger partial charge in [0.2, 0.25) is 17.6 Å². The van der Waals surface area contributed by atoms with Gasteiger partial charge in [-0.1, -0.05) is 31.1 Å². The number of hydrogen-bond acceptors (Lipinski definition) is 6. The lowest BCUT2D eigenvalue weighted by Gasteiger charge is -2.18. The van der Waals surface area contributed by atoms with E-state index in [9.17, 15) is 9.59 Å². The van der Waals surface area contributed by atoms with Crippen LogP contribution in [0.4, 0.5) is 0 Å². The summed E-state index contributed by atoms with van der Waals surface area (Å²) in [6.45, 7) is 6.73. The predicted molar refractivity (Wildman–Crippen MR) is 120 cm³/mol. The summed E-state index contributed by atoms with van der Waals surface area (Å²) < 4.78 is 8.80. The maximum absolute atomic E-state index is 12.8. The second-order valence-corrected chi connectivity index (χ2v) is 7.90. The second kappa shape index (κ2) is 9.17. The first kappa shape index (κ1) is 21.5. The Kier molecular flexibility index (Phi) is 6.16. The van der Waals surface area contributed by atoms with E-state index in [1.807, 2.05) is 51.1 Å². The van der Waals surface area contributed by atoms with Gasteiger partial charge in [-0.25, -0.2) is 4.79 Å². The molecule has 0 saturated carbocycles. The molecule has 0 bridgehead atoms. The third-order valence-corrected chi connectivity index (χ3v) is 5.41. The zero-order valence-electron chi connectivity index (χ0n) is 18.4. The van der Waals surface area contributed by atoms with Gasteiger partial charge in [0.1, 0.15) is 6.04 Å². The van der Waals surface area contributed by atoms with E-state index in [2.05, 4.69) is 20.4 Å². The minimum Gasteiger partial charge on any atom is -0.344 e. The lowest BCUT2D eigenvalue weighted by molar-refractivity contribution is -0.122. The zero-order chi connectivity index (χ0) is 22.7. The summed E-state index contributed by atoms with van der Waals surface area (Å²) in [4.78, 5) is 34.1. The van der Waals surface area contributed by atoms with Crippen molar-refractivity contribution in [3.8, 4) is 11.4 Å². The van der Waals surface area contributed by atoms with Crippen LogP contribution >= 0.6 is 0 Å². The molecule has 0 radical (unpaired) electrons. The van der Waals surface area contributed by atoms with Crippen molar-refractivity contribution in [1.82, 2.24) is 29.6 Å². The molecular formula is C23H26N6O3. The molecule has 3 aromatic heterocycles. The maximum atomic E-state index is 12.8. The van der Waals surface area contributed by atoms with Crippen molar-refractivity contribution in [3.63, 3.8) is 0 Å². The van der Waals surface area contributed by atoms with Crippen LogP contribution < -0.4 is 11.0 Å². The molecule has 0 aliphatic rings. The molecule has 166 valence electrons. The summed E-state index contributed by atoms with van der Waals surface area (Å²) in [5.41, 5.74) is 2.32. The second-order valence-electron chi connectivity index (χ2n) is 7.90. The standard InChI is InChI=1S/C23H26N6O3/c1-4-28-17-9-5-6-10-18(17)29(23(28)31)13-11-19(30)25-20(15(2)3)22-26-21(27-32-22)16-8-7-12-24-14-16/h5-10,12,14-15,20H,4,11,13H2,1-3H3,(H,25,30). The SMILES string of the molecule is CCn1c(=O)n(CCC(=O)NC(c2nc(-c3cccnc3)no2)C(C)C)c2ccccc21. The monoisotopic (exact) mass is 434 g/mol. The highest BCUT2D eigenvalue weighted by atomic mass is 16.5. The van der Waals surface area contributed by atoms with E-state index in [-0.39, 0.29) is 30.5 Å². The third-order valence-electron chi connectivity index (χ3n) is 5.41. The number of pyridine rings is 1. The Morgan fingerprint density at radius 1 is 1.12 bits per heavy atom. The molecule has 1 unspecified atom stereocenters. The minimum absolute atomic E-state index is 0.0332. The molecule has 4 rings (SSSR count). The number of fused-ring (bicyclic) bond motifs is 1. The summed E-state index contributed by atoms with van der Waals surface area (Å²) in [7, 11) is 0. The smallest absolute Gasteiger partial charge is 0.329 e. The molecule has 0 saturated heterocycles. The fourth-order valence-corrected chi connectivity index (χ4v) is 3.74. The number of rotatable bonds is 8. The van der Waals surface area contributed by atoms with E-state index >= 15 is 0 Å². The topological polar surface area (TPSA) is 108 Å². The summed E-state index contributed by atoms with van der Waals surface area (Å²) in [5.74, 6) is 0.606. The predicted octanol–water partition coefficient (Wildman–Crippen LogP) is 3.17. The number of benzene rings is 1. The van der Waals surface area contributed by atoms with Crippen molar-refractivity contribution < 1.29 is 9.32 Å². The molecule has 1 N–H and O–H groups in total. The Bertz CT molecular complexity index is 1270. The molecule has 1 aromatic carbocycles. The van der Waals surface area contributed by atoms with Gasteiger partial charge in [0, 0.05) is 37.5 Å². The van der Waals surface area contributed by atoms with Crippen molar-refractivity contribution in [2.75, 3.05) is 0 Å². The van der Waals surface area contributed by atoms with Crippen LogP contribution in [0.3, 0.4) is 0 Å². The highest BCUT2D eigenvalue weighted by Crippen LogP contribution is 2.23.